The predicted octanol–water partition coefficient (Wildman–Crippen LogP) is 2.84. The third-order valence-corrected chi connectivity index (χ3v) is 6.52. The number of ether oxygens (including phenoxy) is 1. The van der Waals surface area contributed by atoms with Crippen molar-refractivity contribution in [3.63, 3.8) is 0 Å². The Morgan fingerprint density at radius 3 is 2.37 bits per heavy atom. The molecule has 1 amide bonds. The summed E-state index contributed by atoms with van der Waals surface area (Å²) >= 11 is 0. The second-order valence-electron chi connectivity index (χ2n) is 6.38. The molecule has 30 heavy (non-hydrogen) atoms. The molecule has 0 bridgehead atoms. The van der Waals surface area contributed by atoms with Crippen molar-refractivity contribution >= 4 is 27.3 Å². The van der Waals surface area contributed by atoms with E-state index in [2.05, 4.69) is 16.7 Å². The zero-order valence-corrected chi connectivity index (χ0v) is 18.1. The number of amides is 1. The Hall–Kier alpha value is -3.09. The van der Waals surface area contributed by atoms with Crippen molar-refractivity contribution in [2.45, 2.75) is 25.2 Å². The van der Waals surface area contributed by atoms with E-state index in [-0.39, 0.29) is 17.3 Å². The largest absolute Gasteiger partial charge is 0.495 e. The molecule has 0 aliphatic carbocycles. The Bertz CT molecular complexity index is 1010. The fraction of sp³-hybridized carbons (Fsp3) is 0.333. The Labute approximate surface area is 177 Å². The first-order valence-electron chi connectivity index (χ1n) is 9.53. The molecule has 2 aromatic carbocycles. The van der Waals surface area contributed by atoms with E-state index < -0.39 is 10.0 Å². The smallest absolute Gasteiger partial charge is 0.243 e. The van der Waals surface area contributed by atoms with Crippen molar-refractivity contribution in [3.8, 4) is 11.8 Å². The average molecular weight is 431 g/mol. The molecule has 8 nitrogen and oxygen atoms in total. The van der Waals surface area contributed by atoms with E-state index in [0.717, 1.165) is 5.56 Å². The van der Waals surface area contributed by atoms with Crippen LogP contribution in [0.3, 0.4) is 0 Å². The van der Waals surface area contributed by atoms with Crippen LogP contribution in [0, 0.1) is 11.3 Å². The van der Waals surface area contributed by atoms with Gasteiger partial charge < -0.3 is 15.4 Å². The molecule has 0 fully saturated rings. The van der Waals surface area contributed by atoms with Crippen molar-refractivity contribution in [1.29, 1.82) is 5.26 Å². The molecule has 0 radical (unpaired) electrons. The van der Waals surface area contributed by atoms with Gasteiger partial charge in [0, 0.05) is 18.8 Å². The molecular formula is C21H26N4O4S. The number of nitriles is 1. The lowest BCUT2D eigenvalue weighted by molar-refractivity contribution is -0.114. The number of rotatable bonds is 10. The van der Waals surface area contributed by atoms with Gasteiger partial charge in [0.25, 0.3) is 0 Å². The number of anilines is 2. The summed E-state index contributed by atoms with van der Waals surface area (Å²) in [6, 6.07) is 13.6. The van der Waals surface area contributed by atoms with Crippen LogP contribution in [0.1, 0.15) is 19.4 Å². The normalized spacial score (nSPS) is 11.0. The number of carbonyl (C=O) groups excluding carboxylic acids is 1. The molecule has 0 atom stereocenters. The van der Waals surface area contributed by atoms with Gasteiger partial charge in [-0.2, -0.15) is 9.57 Å². The fourth-order valence-electron chi connectivity index (χ4n) is 2.88. The average Bonchev–Trinajstić information content (AvgIpc) is 2.74. The summed E-state index contributed by atoms with van der Waals surface area (Å²) < 4.78 is 32.2. The zero-order chi connectivity index (χ0) is 22.1. The molecule has 0 aromatic heterocycles. The summed E-state index contributed by atoms with van der Waals surface area (Å²) in [5.41, 5.74) is 1.88. The SMILES string of the molecule is CCN(CC)S(=O)(=O)c1ccc(OC)c(NCC(=O)Nc2ccc(CC#N)cc2)c1. The van der Waals surface area contributed by atoms with Crippen molar-refractivity contribution in [1.82, 2.24) is 4.31 Å². The highest BCUT2D eigenvalue weighted by molar-refractivity contribution is 7.89. The number of nitrogens with zero attached hydrogens (tertiary/aromatic N) is 2. The van der Waals surface area contributed by atoms with Crippen LogP contribution in [-0.2, 0) is 21.2 Å². The Kier molecular flexibility index (Phi) is 8.21. The zero-order valence-electron chi connectivity index (χ0n) is 17.3. The fourth-order valence-corrected chi connectivity index (χ4v) is 4.36. The second-order valence-corrected chi connectivity index (χ2v) is 8.32. The highest BCUT2D eigenvalue weighted by atomic mass is 32.2. The molecule has 0 saturated heterocycles. The minimum Gasteiger partial charge on any atom is -0.495 e. The number of benzene rings is 2. The Morgan fingerprint density at radius 1 is 1.13 bits per heavy atom. The monoisotopic (exact) mass is 430 g/mol. The Balaban J connectivity index is 2.11. The summed E-state index contributed by atoms with van der Waals surface area (Å²) in [5.74, 6) is 0.129. The van der Waals surface area contributed by atoms with Crippen LogP contribution >= 0.6 is 0 Å². The quantitative estimate of drug-likeness (QED) is 0.600. The Morgan fingerprint density at radius 2 is 1.80 bits per heavy atom. The second kappa shape index (κ2) is 10.6. The van der Waals surface area contributed by atoms with Gasteiger partial charge in [0.2, 0.25) is 15.9 Å². The predicted molar refractivity (Wildman–Crippen MR) is 116 cm³/mol. The molecule has 0 heterocycles. The number of methoxy groups -OCH3 is 1. The van der Waals surface area contributed by atoms with E-state index in [1.54, 1.807) is 44.2 Å². The van der Waals surface area contributed by atoms with Gasteiger partial charge in [0.05, 0.1) is 36.7 Å². The molecule has 2 N–H and O–H groups in total. The van der Waals surface area contributed by atoms with Gasteiger partial charge in [-0.15, -0.1) is 0 Å². The molecule has 160 valence electrons. The van der Waals surface area contributed by atoms with Gasteiger partial charge in [-0.25, -0.2) is 8.42 Å². The highest BCUT2D eigenvalue weighted by Gasteiger charge is 2.23. The standard InChI is InChI=1S/C21H26N4O4S/c1-4-25(5-2)30(27,28)18-10-11-20(29-3)19(14-18)23-15-21(26)24-17-8-6-16(7-9-17)12-13-22/h6-11,14,23H,4-5,12,15H2,1-3H3,(H,24,26). The van der Waals surface area contributed by atoms with Crippen LogP contribution in [0.5, 0.6) is 5.75 Å². The van der Waals surface area contributed by atoms with Crippen LogP contribution in [-0.4, -0.2) is 45.4 Å². The van der Waals surface area contributed by atoms with Crippen LogP contribution in [0.2, 0.25) is 0 Å². The maximum Gasteiger partial charge on any atom is 0.243 e. The van der Waals surface area contributed by atoms with Gasteiger partial charge in [0.1, 0.15) is 5.75 Å². The molecule has 0 unspecified atom stereocenters. The van der Waals surface area contributed by atoms with Gasteiger partial charge in [-0.05, 0) is 35.9 Å². The molecule has 0 saturated carbocycles. The summed E-state index contributed by atoms with van der Waals surface area (Å²) in [6.07, 6.45) is 0.308. The molecule has 0 spiro atoms. The van der Waals surface area contributed by atoms with Crippen LogP contribution in [0.4, 0.5) is 11.4 Å². The maximum absolute atomic E-state index is 12.8. The van der Waals surface area contributed by atoms with Crippen molar-refractivity contribution in [3.05, 3.63) is 48.0 Å². The van der Waals surface area contributed by atoms with Crippen molar-refractivity contribution < 1.29 is 17.9 Å². The van der Waals surface area contributed by atoms with Crippen molar-refractivity contribution in [2.75, 3.05) is 37.4 Å². The first kappa shape index (κ1) is 23.2. The summed E-state index contributed by atoms with van der Waals surface area (Å²) in [5, 5.41) is 14.4. The number of hydrogen-bond acceptors (Lipinski definition) is 6. The lowest BCUT2D eigenvalue weighted by Crippen LogP contribution is -2.30. The van der Waals surface area contributed by atoms with Gasteiger partial charge in [0.15, 0.2) is 0 Å². The number of nitrogens with one attached hydrogen (secondary N) is 2. The minimum atomic E-state index is -3.63. The first-order chi connectivity index (χ1) is 14.3. The lowest BCUT2D eigenvalue weighted by atomic mass is 10.1. The highest BCUT2D eigenvalue weighted by Crippen LogP contribution is 2.28. The van der Waals surface area contributed by atoms with Crippen LogP contribution in [0.15, 0.2) is 47.4 Å². The van der Waals surface area contributed by atoms with Crippen LogP contribution in [0.25, 0.3) is 0 Å². The number of hydrogen-bond donors (Lipinski definition) is 2. The minimum absolute atomic E-state index is 0.0783. The van der Waals surface area contributed by atoms with E-state index >= 15 is 0 Å². The third-order valence-electron chi connectivity index (χ3n) is 4.47. The van der Waals surface area contributed by atoms with Gasteiger partial charge >= 0.3 is 0 Å². The first-order valence-corrected chi connectivity index (χ1v) is 11.0. The summed E-state index contributed by atoms with van der Waals surface area (Å²) in [7, 11) is -2.16. The van der Waals surface area contributed by atoms with E-state index in [4.69, 9.17) is 10.00 Å². The van der Waals surface area contributed by atoms with Crippen LogP contribution < -0.4 is 15.4 Å². The molecule has 0 aliphatic heterocycles. The summed E-state index contributed by atoms with van der Waals surface area (Å²) in [6.45, 7) is 4.21. The van der Waals surface area contributed by atoms with E-state index in [1.807, 2.05) is 0 Å². The van der Waals surface area contributed by atoms with Gasteiger partial charge in [-0.3, -0.25) is 4.79 Å². The van der Waals surface area contributed by atoms with E-state index in [0.29, 0.717) is 36.6 Å². The molecule has 2 rings (SSSR count). The third kappa shape index (κ3) is 5.72. The maximum atomic E-state index is 12.8. The molecule has 2 aromatic rings. The molecular weight excluding hydrogens is 404 g/mol. The van der Waals surface area contributed by atoms with Gasteiger partial charge in [-0.1, -0.05) is 26.0 Å². The van der Waals surface area contributed by atoms with E-state index in [1.165, 1.54) is 23.5 Å². The summed E-state index contributed by atoms with van der Waals surface area (Å²) in [4.78, 5) is 12.4. The van der Waals surface area contributed by atoms with E-state index in [9.17, 15) is 13.2 Å². The number of sulfonamides is 1. The molecule has 0 aliphatic rings. The lowest BCUT2D eigenvalue weighted by Gasteiger charge is -2.20. The number of carbonyl (C=O) groups is 1. The topological polar surface area (TPSA) is 112 Å². The molecule has 9 heteroatoms. The van der Waals surface area contributed by atoms with Crippen molar-refractivity contribution in [2.24, 2.45) is 0 Å².